The van der Waals surface area contributed by atoms with Crippen molar-refractivity contribution in [3.05, 3.63) is 54.2 Å². The van der Waals surface area contributed by atoms with Crippen molar-refractivity contribution < 1.29 is 17.9 Å². The van der Waals surface area contributed by atoms with E-state index in [1.54, 1.807) is 24.9 Å². The summed E-state index contributed by atoms with van der Waals surface area (Å²) in [5.41, 5.74) is 0.740. The van der Waals surface area contributed by atoms with E-state index in [2.05, 4.69) is 37.5 Å². The van der Waals surface area contributed by atoms with Crippen LogP contribution in [0, 0.1) is 0 Å². The Hall–Kier alpha value is -1.69. The largest absolute Gasteiger partial charge is 0.468 e. The van der Waals surface area contributed by atoms with Crippen molar-refractivity contribution in [2.24, 2.45) is 4.99 Å². The molecule has 10 heteroatoms. The highest BCUT2D eigenvalue weighted by atomic mass is 127. The molecule has 1 heterocycles. The summed E-state index contributed by atoms with van der Waals surface area (Å²) in [4.78, 5) is 9.11. The van der Waals surface area contributed by atoms with Gasteiger partial charge in [0.1, 0.15) is 0 Å². The Morgan fingerprint density at radius 2 is 1.93 bits per heavy atom. The second kappa shape index (κ2) is 12.7. The number of alkyl halides is 3. The zero-order valence-electron chi connectivity index (χ0n) is 15.2. The smallest absolute Gasteiger partial charge is 0.422 e. The van der Waals surface area contributed by atoms with Gasteiger partial charge in [-0.3, -0.25) is 4.99 Å². The third kappa shape index (κ3) is 10.0. The quantitative estimate of drug-likeness (QED) is 0.179. The lowest BCUT2D eigenvalue weighted by Gasteiger charge is -2.13. The number of pyridine rings is 1. The fraction of sp³-hybridized carbons (Fsp3) is 0.333. The van der Waals surface area contributed by atoms with Gasteiger partial charge in [-0.15, -0.1) is 35.7 Å². The molecule has 0 saturated heterocycles. The van der Waals surface area contributed by atoms with E-state index in [4.69, 9.17) is 0 Å². The van der Waals surface area contributed by atoms with Gasteiger partial charge in [-0.25, -0.2) is 4.98 Å². The van der Waals surface area contributed by atoms with Crippen molar-refractivity contribution in [3.8, 4) is 5.88 Å². The molecule has 0 aliphatic heterocycles. The SMILES string of the molecule is CN=C(NCCSc1ccccc1)NCc1ccnc(OCC(F)(F)F)c1.I. The number of rotatable bonds is 8. The molecule has 2 rings (SSSR count). The number of benzene rings is 1. The van der Waals surface area contributed by atoms with E-state index < -0.39 is 12.8 Å². The molecule has 0 aliphatic rings. The number of hydrogen-bond acceptors (Lipinski definition) is 4. The van der Waals surface area contributed by atoms with E-state index in [1.165, 1.54) is 17.2 Å². The maximum Gasteiger partial charge on any atom is 0.422 e. The van der Waals surface area contributed by atoms with Gasteiger partial charge in [-0.05, 0) is 23.8 Å². The van der Waals surface area contributed by atoms with Crippen molar-refractivity contribution in [2.75, 3.05) is 26.0 Å². The summed E-state index contributed by atoms with van der Waals surface area (Å²) >= 11 is 1.73. The van der Waals surface area contributed by atoms with Crippen LogP contribution in [-0.4, -0.2) is 43.1 Å². The number of nitrogens with zero attached hydrogens (tertiary/aromatic N) is 2. The summed E-state index contributed by atoms with van der Waals surface area (Å²) in [6.07, 6.45) is -2.98. The van der Waals surface area contributed by atoms with Crippen LogP contribution in [0.15, 0.2) is 58.5 Å². The fourth-order valence-corrected chi connectivity index (χ4v) is 2.85. The maximum absolute atomic E-state index is 12.2. The zero-order chi connectivity index (χ0) is 19.5. The Morgan fingerprint density at radius 3 is 2.61 bits per heavy atom. The lowest BCUT2D eigenvalue weighted by Crippen LogP contribution is -2.37. The van der Waals surface area contributed by atoms with E-state index in [9.17, 15) is 13.2 Å². The van der Waals surface area contributed by atoms with E-state index in [1.807, 2.05) is 18.2 Å². The molecule has 0 saturated carbocycles. The number of thioether (sulfide) groups is 1. The minimum atomic E-state index is -4.39. The van der Waals surface area contributed by atoms with Gasteiger partial charge in [0.05, 0.1) is 0 Å². The lowest BCUT2D eigenvalue weighted by atomic mass is 10.2. The molecule has 2 aromatic rings. The van der Waals surface area contributed by atoms with E-state index in [-0.39, 0.29) is 29.9 Å². The Bertz CT molecular complexity index is 732. The summed E-state index contributed by atoms with van der Waals surface area (Å²) in [5.74, 6) is 1.42. The number of halogens is 4. The summed E-state index contributed by atoms with van der Waals surface area (Å²) in [6, 6.07) is 13.3. The van der Waals surface area contributed by atoms with Crippen LogP contribution < -0.4 is 15.4 Å². The third-order valence-electron chi connectivity index (χ3n) is 3.27. The summed E-state index contributed by atoms with van der Waals surface area (Å²) < 4.78 is 41.3. The molecule has 0 amide bonds. The van der Waals surface area contributed by atoms with Crippen LogP contribution in [0.5, 0.6) is 5.88 Å². The molecule has 2 N–H and O–H groups in total. The average molecular weight is 526 g/mol. The fourth-order valence-electron chi connectivity index (χ4n) is 2.06. The highest BCUT2D eigenvalue weighted by molar-refractivity contribution is 14.0. The van der Waals surface area contributed by atoms with Crippen LogP contribution in [0.3, 0.4) is 0 Å². The molecular formula is C18H22F3IN4OS. The highest BCUT2D eigenvalue weighted by Gasteiger charge is 2.28. The Kier molecular flexibility index (Phi) is 11.0. The van der Waals surface area contributed by atoms with Crippen LogP contribution in [0.2, 0.25) is 0 Å². The lowest BCUT2D eigenvalue weighted by molar-refractivity contribution is -0.154. The van der Waals surface area contributed by atoms with Crippen molar-refractivity contribution in [1.82, 2.24) is 15.6 Å². The molecule has 5 nitrogen and oxygen atoms in total. The molecule has 154 valence electrons. The Morgan fingerprint density at radius 1 is 1.18 bits per heavy atom. The zero-order valence-corrected chi connectivity index (χ0v) is 18.3. The number of hydrogen-bond donors (Lipinski definition) is 2. The van der Waals surface area contributed by atoms with Gasteiger partial charge in [-0.1, -0.05) is 18.2 Å². The van der Waals surface area contributed by atoms with Gasteiger partial charge >= 0.3 is 6.18 Å². The number of aliphatic imine (C=N–C) groups is 1. The first-order valence-electron chi connectivity index (χ1n) is 8.23. The van der Waals surface area contributed by atoms with Crippen LogP contribution in [0.1, 0.15) is 5.56 Å². The van der Waals surface area contributed by atoms with Crippen molar-refractivity contribution in [1.29, 1.82) is 0 Å². The van der Waals surface area contributed by atoms with E-state index in [0.717, 1.165) is 17.9 Å². The first-order valence-corrected chi connectivity index (χ1v) is 9.22. The predicted molar refractivity (Wildman–Crippen MR) is 117 cm³/mol. The Balaban J connectivity index is 0.00000392. The molecule has 0 unspecified atom stereocenters. The molecule has 0 bridgehead atoms. The van der Waals surface area contributed by atoms with E-state index >= 15 is 0 Å². The van der Waals surface area contributed by atoms with Gasteiger partial charge in [0, 0.05) is 43.0 Å². The normalized spacial score (nSPS) is 11.5. The molecule has 28 heavy (non-hydrogen) atoms. The highest BCUT2D eigenvalue weighted by Crippen LogP contribution is 2.17. The number of ether oxygens (including phenoxy) is 1. The topological polar surface area (TPSA) is 58.5 Å². The number of guanidine groups is 1. The minimum absolute atomic E-state index is 0. The van der Waals surface area contributed by atoms with Gasteiger partial charge in [0.2, 0.25) is 5.88 Å². The second-order valence-corrected chi connectivity index (χ2v) is 6.59. The summed E-state index contributed by atoms with van der Waals surface area (Å²) in [6.45, 7) is -0.259. The summed E-state index contributed by atoms with van der Waals surface area (Å²) in [5, 5.41) is 6.30. The van der Waals surface area contributed by atoms with Gasteiger partial charge in [0.25, 0.3) is 0 Å². The first kappa shape index (κ1) is 24.3. The molecule has 0 aliphatic carbocycles. The molecule has 0 spiro atoms. The van der Waals surface area contributed by atoms with Gasteiger partial charge < -0.3 is 15.4 Å². The monoisotopic (exact) mass is 526 g/mol. The minimum Gasteiger partial charge on any atom is -0.468 e. The maximum atomic E-state index is 12.2. The third-order valence-corrected chi connectivity index (χ3v) is 4.29. The van der Waals surface area contributed by atoms with Gasteiger partial charge in [-0.2, -0.15) is 13.2 Å². The first-order chi connectivity index (χ1) is 13.0. The van der Waals surface area contributed by atoms with E-state index in [0.29, 0.717) is 12.5 Å². The van der Waals surface area contributed by atoms with Crippen LogP contribution in [0.4, 0.5) is 13.2 Å². The standard InChI is InChI=1S/C18H21F3N4OS.HI/c1-22-17(24-9-10-27-15-5-3-2-4-6-15)25-12-14-7-8-23-16(11-14)26-13-18(19,20)21;/h2-8,11H,9-10,12-13H2,1H3,(H2,22,24,25);1H. The predicted octanol–water partition coefficient (Wildman–Crippen LogP) is 4.10. The number of aromatic nitrogens is 1. The second-order valence-electron chi connectivity index (χ2n) is 5.42. The Labute approximate surface area is 183 Å². The van der Waals surface area contributed by atoms with Crippen molar-refractivity contribution in [2.45, 2.75) is 17.6 Å². The summed E-state index contributed by atoms with van der Waals surface area (Å²) in [7, 11) is 1.66. The van der Waals surface area contributed by atoms with Crippen LogP contribution >= 0.6 is 35.7 Å². The molecule has 1 aromatic carbocycles. The van der Waals surface area contributed by atoms with Crippen molar-refractivity contribution >= 4 is 41.7 Å². The molecule has 0 radical (unpaired) electrons. The number of nitrogens with one attached hydrogen (secondary N) is 2. The van der Waals surface area contributed by atoms with Gasteiger partial charge in [0.15, 0.2) is 12.6 Å². The molecular weight excluding hydrogens is 504 g/mol. The molecule has 0 fully saturated rings. The average Bonchev–Trinajstić information content (AvgIpc) is 2.66. The van der Waals surface area contributed by atoms with Crippen LogP contribution in [0.25, 0.3) is 0 Å². The molecule has 1 aromatic heterocycles. The molecule has 0 atom stereocenters. The van der Waals surface area contributed by atoms with Crippen molar-refractivity contribution in [3.63, 3.8) is 0 Å². The van der Waals surface area contributed by atoms with Crippen LogP contribution in [-0.2, 0) is 6.54 Å².